The second-order valence-electron chi connectivity index (χ2n) is 6.64. The van der Waals surface area contributed by atoms with Gasteiger partial charge in [0, 0.05) is 5.69 Å². The van der Waals surface area contributed by atoms with Crippen molar-refractivity contribution in [3.05, 3.63) is 48.7 Å². The topological polar surface area (TPSA) is 90.0 Å². The first kappa shape index (κ1) is 19.9. The summed E-state index contributed by atoms with van der Waals surface area (Å²) in [7, 11) is 0. The van der Waals surface area contributed by atoms with Gasteiger partial charge in [0.25, 0.3) is 0 Å². The number of thioether (sulfide) groups is 1. The fourth-order valence-electron chi connectivity index (χ4n) is 2.82. The van der Waals surface area contributed by atoms with E-state index in [4.69, 9.17) is 4.42 Å². The van der Waals surface area contributed by atoms with Crippen LogP contribution in [0.5, 0.6) is 0 Å². The Balaban J connectivity index is 1.81. The number of hydrogen-bond donors (Lipinski definition) is 1. The number of hydrogen-bond acceptors (Lipinski definition) is 6. The van der Waals surface area contributed by atoms with E-state index in [1.807, 2.05) is 54.8 Å². The van der Waals surface area contributed by atoms with Crippen LogP contribution in [0.2, 0.25) is 0 Å². The number of rotatable bonds is 8. The highest BCUT2D eigenvalue weighted by Gasteiger charge is 2.22. The van der Waals surface area contributed by atoms with Crippen molar-refractivity contribution in [3.63, 3.8) is 0 Å². The third kappa shape index (κ3) is 4.51. The molecule has 0 spiro atoms. The maximum Gasteiger partial charge on any atom is 0.231 e. The zero-order valence-electron chi connectivity index (χ0n) is 16.0. The molecule has 1 aromatic carbocycles. The Hall–Kier alpha value is -2.87. The minimum absolute atomic E-state index is 0.0324. The molecule has 1 amide bonds. The molecule has 0 saturated heterocycles. The normalized spacial score (nSPS) is 12.1. The Morgan fingerprint density at radius 1 is 1.14 bits per heavy atom. The predicted molar refractivity (Wildman–Crippen MR) is 107 cm³/mol. The molecular weight excluding hydrogens is 376 g/mol. The first-order valence-electron chi connectivity index (χ1n) is 8.94. The summed E-state index contributed by atoms with van der Waals surface area (Å²) in [6.07, 6.45) is 1.58. The van der Waals surface area contributed by atoms with E-state index in [1.165, 1.54) is 18.7 Å². The van der Waals surface area contributed by atoms with Gasteiger partial charge in [-0.3, -0.25) is 14.2 Å². The van der Waals surface area contributed by atoms with E-state index in [0.29, 0.717) is 16.7 Å². The summed E-state index contributed by atoms with van der Waals surface area (Å²) < 4.78 is 7.33. The fraction of sp³-hybridized carbons (Fsp3) is 0.300. The van der Waals surface area contributed by atoms with Crippen LogP contribution in [0.15, 0.2) is 58.3 Å². The van der Waals surface area contributed by atoms with Crippen LogP contribution in [0.4, 0.5) is 0 Å². The lowest BCUT2D eigenvalue weighted by Gasteiger charge is -2.19. The molecule has 7 nitrogen and oxygen atoms in total. The summed E-state index contributed by atoms with van der Waals surface area (Å²) in [5, 5.41) is 11.8. The van der Waals surface area contributed by atoms with Crippen molar-refractivity contribution in [1.29, 1.82) is 0 Å². The van der Waals surface area contributed by atoms with Crippen molar-refractivity contribution >= 4 is 23.5 Å². The van der Waals surface area contributed by atoms with Crippen LogP contribution in [0.1, 0.15) is 20.8 Å². The third-order valence-electron chi connectivity index (χ3n) is 4.14. The average Bonchev–Trinajstić information content (AvgIpc) is 3.33. The van der Waals surface area contributed by atoms with E-state index in [-0.39, 0.29) is 23.4 Å². The highest BCUT2D eigenvalue weighted by atomic mass is 32.2. The van der Waals surface area contributed by atoms with Crippen LogP contribution < -0.4 is 5.32 Å². The molecule has 3 aromatic rings. The van der Waals surface area contributed by atoms with Gasteiger partial charge in [-0.1, -0.05) is 43.8 Å². The molecule has 3 rings (SSSR count). The number of nitrogens with one attached hydrogen (secondary N) is 1. The van der Waals surface area contributed by atoms with Crippen molar-refractivity contribution in [2.24, 2.45) is 5.92 Å². The molecular formula is C20H22N4O3S. The highest BCUT2D eigenvalue weighted by molar-refractivity contribution is 7.99. The Bertz CT molecular complexity index is 936. The van der Waals surface area contributed by atoms with Crippen molar-refractivity contribution in [2.75, 3.05) is 5.75 Å². The number of furan rings is 1. The van der Waals surface area contributed by atoms with Gasteiger partial charge in [0.2, 0.25) is 11.7 Å². The monoisotopic (exact) mass is 398 g/mol. The third-order valence-corrected chi connectivity index (χ3v) is 5.07. The first-order chi connectivity index (χ1) is 13.5. The molecule has 1 N–H and O–H groups in total. The van der Waals surface area contributed by atoms with Crippen LogP contribution in [-0.2, 0) is 9.59 Å². The van der Waals surface area contributed by atoms with Gasteiger partial charge in [0.15, 0.2) is 16.7 Å². The summed E-state index contributed by atoms with van der Waals surface area (Å²) in [6.45, 7) is 5.29. The average molecular weight is 398 g/mol. The summed E-state index contributed by atoms with van der Waals surface area (Å²) in [5.41, 5.74) is 0.866. The lowest BCUT2D eigenvalue weighted by Crippen LogP contribution is -2.44. The number of Topliss-reactive ketones (excluding diaryl/α,β-unsaturated/α-hetero) is 1. The smallest absolute Gasteiger partial charge is 0.231 e. The Morgan fingerprint density at radius 3 is 2.50 bits per heavy atom. The molecule has 146 valence electrons. The summed E-state index contributed by atoms with van der Waals surface area (Å²) in [4.78, 5) is 24.1. The highest BCUT2D eigenvalue weighted by Crippen LogP contribution is 2.28. The minimum atomic E-state index is -0.487. The molecule has 1 atom stereocenters. The van der Waals surface area contributed by atoms with Crippen molar-refractivity contribution in [2.45, 2.75) is 32.0 Å². The van der Waals surface area contributed by atoms with E-state index in [1.54, 1.807) is 12.3 Å². The second-order valence-corrected chi connectivity index (χ2v) is 7.59. The van der Waals surface area contributed by atoms with Crippen LogP contribution in [0.25, 0.3) is 17.3 Å². The van der Waals surface area contributed by atoms with E-state index >= 15 is 0 Å². The molecule has 0 saturated carbocycles. The number of nitrogens with zero attached hydrogens (tertiary/aromatic N) is 3. The molecule has 0 aliphatic heterocycles. The van der Waals surface area contributed by atoms with E-state index in [2.05, 4.69) is 15.5 Å². The zero-order chi connectivity index (χ0) is 20.1. The van der Waals surface area contributed by atoms with Gasteiger partial charge >= 0.3 is 0 Å². The van der Waals surface area contributed by atoms with E-state index in [0.717, 1.165) is 5.69 Å². The molecule has 1 unspecified atom stereocenters. The summed E-state index contributed by atoms with van der Waals surface area (Å²) in [5.74, 6) is 1.03. The van der Waals surface area contributed by atoms with Gasteiger partial charge < -0.3 is 9.73 Å². The molecule has 2 heterocycles. The first-order valence-corrected chi connectivity index (χ1v) is 9.93. The number of aromatic nitrogens is 3. The van der Waals surface area contributed by atoms with E-state index < -0.39 is 6.04 Å². The largest absolute Gasteiger partial charge is 0.461 e. The molecule has 8 heteroatoms. The van der Waals surface area contributed by atoms with Crippen LogP contribution in [-0.4, -0.2) is 38.2 Å². The van der Waals surface area contributed by atoms with Crippen molar-refractivity contribution in [1.82, 2.24) is 20.1 Å². The van der Waals surface area contributed by atoms with Crippen LogP contribution >= 0.6 is 11.8 Å². The van der Waals surface area contributed by atoms with Crippen LogP contribution in [0, 0.1) is 5.92 Å². The number of benzene rings is 1. The van der Waals surface area contributed by atoms with Gasteiger partial charge in [-0.25, -0.2) is 0 Å². The Labute approximate surface area is 167 Å². The number of carbonyl (C=O) groups is 2. The minimum Gasteiger partial charge on any atom is -0.461 e. The fourth-order valence-corrected chi connectivity index (χ4v) is 3.58. The molecule has 2 aromatic heterocycles. The SMILES string of the molecule is CC(=O)C(NC(=O)CSc1nnc(-c2ccco2)n1-c1ccccc1)C(C)C. The van der Waals surface area contributed by atoms with E-state index in [9.17, 15) is 9.59 Å². The quantitative estimate of drug-likeness (QED) is 0.585. The maximum atomic E-state index is 12.4. The molecule has 28 heavy (non-hydrogen) atoms. The van der Waals surface area contributed by atoms with Gasteiger partial charge in [0.05, 0.1) is 18.1 Å². The van der Waals surface area contributed by atoms with Crippen LogP contribution in [0.3, 0.4) is 0 Å². The van der Waals surface area contributed by atoms with Crippen molar-refractivity contribution in [3.8, 4) is 17.3 Å². The standard InChI is InChI=1S/C20H22N4O3S/c1-13(2)18(14(3)25)21-17(26)12-28-20-23-22-19(16-10-7-11-27-16)24(20)15-8-5-4-6-9-15/h4-11,13,18H,12H2,1-3H3,(H,21,26). The number of ketones is 1. The lowest BCUT2D eigenvalue weighted by atomic mass is 10.0. The molecule has 0 aliphatic carbocycles. The molecule has 0 bridgehead atoms. The summed E-state index contributed by atoms with van der Waals surface area (Å²) in [6, 6.07) is 12.7. The number of carbonyl (C=O) groups excluding carboxylic acids is 2. The zero-order valence-corrected chi connectivity index (χ0v) is 16.8. The second kappa shape index (κ2) is 8.88. The maximum absolute atomic E-state index is 12.4. The summed E-state index contributed by atoms with van der Waals surface area (Å²) >= 11 is 1.26. The van der Waals surface area contributed by atoms with Crippen molar-refractivity contribution < 1.29 is 14.0 Å². The molecule has 0 aliphatic rings. The predicted octanol–water partition coefficient (Wildman–Crippen LogP) is 3.35. The van der Waals surface area contributed by atoms with Gasteiger partial charge in [-0.05, 0) is 37.1 Å². The Morgan fingerprint density at radius 2 is 1.89 bits per heavy atom. The number of amides is 1. The van der Waals surface area contributed by atoms with Gasteiger partial charge in [0.1, 0.15) is 0 Å². The lowest BCUT2D eigenvalue weighted by molar-refractivity contribution is -0.126. The molecule has 0 fully saturated rings. The number of para-hydroxylation sites is 1. The molecule has 0 radical (unpaired) electrons. The Kier molecular flexibility index (Phi) is 6.30. The van der Waals surface area contributed by atoms with Gasteiger partial charge in [-0.15, -0.1) is 10.2 Å². The van der Waals surface area contributed by atoms with Gasteiger partial charge in [-0.2, -0.15) is 0 Å².